The number of anilines is 1. The van der Waals surface area contributed by atoms with Crippen LogP contribution < -0.4 is 14.2 Å². The lowest BCUT2D eigenvalue weighted by Gasteiger charge is -2.13. The van der Waals surface area contributed by atoms with Gasteiger partial charge in [-0.25, -0.2) is 8.42 Å². The quantitative estimate of drug-likeness (QED) is 0.709. The molecule has 0 atom stereocenters. The topological polar surface area (TPSA) is 64.6 Å². The zero-order chi connectivity index (χ0) is 16.2. The number of para-hydroxylation sites is 2. The molecular weight excluding hydrogens is 417 g/mol. The third-order valence-electron chi connectivity index (χ3n) is 2.86. The van der Waals surface area contributed by atoms with Crippen LogP contribution in [0, 0.1) is 3.57 Å². The van der Waals surface area contributed by atoms with Crippen LogP contribution in [0.1, 0.15) is 6.92 Å². The van der Waals surface area contributed by atoms with Crippen molar-refractivity contribution in [3.05, 3.63) is 46.0 Å². The molecule has 0 saturated heterocycles. The number of hydrogen-bond acceptors (Lipinski definition) is 4. The highest BCUT2D eigenvalue weighted by Gasteiger charge is 2.17. The lowest BCUT2D eigenvalue weighted by molar-refractivity contribution is 0.342. The first kappa shape index (κ1) is 16.9. The van der Waals surface area contributed by atoms with Gasteiger partial charge in [0.05, 0.1) is 27.9 Å². The Morgan fingerprint density at radius 3 is 2.50 bits per heavy atom. The molecule has 0 saturated carbocycles. The van der Waals surface area contributed by atoms with Crippen LogP contribution in [-0.4, -0.2) is 22.1 Å². The summed E-state index contributed by atoms with van der Waals surface area (Å²) < 4.78 is 38.8. The highest BCUT2D eigenvalue weighted by molar-refractivity contribution is 14.1. The number of ether oxygens (including phenoxy) is 2. The molecule has 0 aliphatic rings. The molecule has 0 bridgehead atoms. The van der Waals surface area contributed by atoms with Crippen LogP contribution >= 0.6 is 22.6 Å². The summed E-state index contributed by atoms with van der Waals surface area (Å²) in [6, 6.07) is 11.6. The molecule has 2 rings (SSSR count). The molecule has 0 radical (unpaired) electrons. The van der Waals surface area contributed by atoms with Gasteiger partial charge >= 0.3 is 0 Å². The van der Waals surface area contributed by atoms with E-state index in [0.717, 1.165) is 3.57 Å². The smallest absolute Gasteiger partial charge is 0.262 e. The maximum atomic E-state index is 12.5. The third kappa shape index (κ3) is 3.83. The summed E-state index contributed by atoms with van der Waals surface area (Å²) in [6.07, 6.45) is 0. The van der Waals surface area contributed by atoms with Gasteiger partial charge < -0.3 is 9.47 Å². The highest BCUT2D eigenvalue weighted by atomic mass is 127. The van der Waals surface area contributed by atoms with E-state index in [1.807, 2.05) is 29.5 Å². The number of nitrogens with one attached hydrogen (secondary N) is 1. The van der Waals surface area contributed by atoms with Gasteiger partial charge in [0.15, 0.2) is 0 Å². The molecule has 22 heavy (non-hydrogen) atoms. The maximum absolute atomic E-state index is 12.5. The molecule has 2 aromatic rings. The van der Waals surface area contributed by atoms with Gasteiger partial charge in [-0.15, -0.1) is 0 Å². The lowest BCUT2D eigenvalue weighted by atomic mass is 10.3. The molecule has 7 heteroatoms. The number of hydrogen-bond donors (Lipinski definition) is 1. The van der Waals surface area contributed by atoms with Crippen LogP contribution in [0.3, 0.4) is 0 Å². The second kappa shape index (κ2) is 7.19. The van der Waals surface area contributed by atoms with Gasteiger partial charge in [-0.3, -0.25) is 4.72 Å². The second-order valence-electron chi connectivity index (χ2n) is 4.33. The molecular formula is C15H16INO4S. The SMILES string of the molecule is CCOc1ccccc1NS(=O)(=O)c1ccc(OC)c(I)c1. The summed E-state index contributed by atoms with van der Waals surface area (Å²) in [5, 5.41) is 0. The number of halogens is 1. The van der Waals surface area contributed by atoms with E-state index in [0.29, 0.717) is 23.8 Å². The van der Waals surface area contributed by atoms with E-state index >= 15 is 0 Å². The van der Waals surface area contributed by atoms with E-state index < -0.39 is 10.0 Å². The molecule has 0 fully saturated rings. The van der Waals surface area contributed by atoms with Crippen molar-refractivity contribution in [2.75, 3.05) is 18.4 Å². The summed E-state index contributed by atoms with van der Waals surface area (Å²) in [5.41, 5.74) is 0.412. The molecule has 0 unspecified atom stereocenters. The molecule has 0 aliphatic heterocycles. The maximum Gasteiger partial charge on any atom is 0.262 e. The Kier molecular flexibility index (Phi) is 5.52. The minimum Gasteiger partial charge on any atom is -0.496 e. The van der Waals surface area contributed by atoms with Crippen LogP contribution in [0.15, 0.2) is 47.4 Å². The fourth-order valence-electron chi connectivity index (χ4n) is 1.85. The lowest BCUT2D eigenvalue weighted by Crippen LogP contribution is -2.14. The monoisotopic (exact) mass is 433 g/mol. The van der Waals surface area contributed by atoms with E-state index in [1.165, 1.54) is 6.07 Å². The van der Waals surface area contributed by atoms with Gasteiger partial charge in [0, 0.05) is 0 Å². The number of sulfonamides is 1. The van der Waals surface area contributed by atoms with Crippen molar-refractivity contribution in [1.29, 1.82) is 0 Å². The van der Waals surface area contributed by atoms with Gasteiger partial charge in [-0.1, -0.05) is 12.1 Å². The predicted octanol–water partition coefficient (Wildman–Crippen LogP) is 3.50. The normalized spacial score (nSPS) is 11.0. The van der Waals surface area contributed by atoms with Crippen LogP contribution in [-0.2, 0) is 10.0 Å². The minimum atomic E-state index is -3.69. The zero-order valence-electron chi connectivity index (χ0n) is 12.2. The van der Waals surface area contributed by atoms with Gasteiger partial charge in [-0.2, -0.15) is 0 Å². The average Bonchev–Trinajstić information content (AvgIpc) is 2.49. The average molecular weight is 433 g/mol. The Labute approximate surface area is 143 Å². The highest BCUT2D eigenvalue weighted by Crippen LogP contribution is 2.28. The van der Waals surface area contributed by atoms with Crippen molar-refractivity contribution in [2.24, 2.45) is 0 Å². The summed E-state index contributed by atoms with van der Waals surface area (Å²) in [7, 11) is -2.15. The first-order valence-corrected chi connectivity index (χ1v) is 9.12. The second-order valence-corrected chi connectivity index (χ2v) is 7.18. The molecule has 0 amide bonds. The summed E-state index contributed by atoms with van der Waals surface area (Å²) >= 11 is 2.04. The van der Waals surface area contributed by atoms with Crippen LogP contribution in [0.5, 0.6) is 11.5 Å². The molecule has 0 aliphatic carbocycles. The molecule has 1 N–H and O–H groups in total. The first-order chi connectivity index (χ1) is 10.5. The molecule has 0 aromatic heterocycles. The summed E-state index contributed by atoms with van der Waals surface area (Å²) in [5.74, 6) is 1.13. The van der Waals surface area contributed by atoms with Crippen LogP contribution in [0.2, 0.25) is 0 Å². The van der Waals surface area contributed by atoms with Crippen molar-refractivity contribution < 1.29 is 17.9 Å². The predicted molar refractivity (Wildman–Crippen MR) is 94.1 cm³/mol. The van der Waals surface area contributed by atoms with E-state index in [4.69, 9.17) is 9.47 Å². The van der Waals surface area contributed by atoms with E-state index in [2.05, 4.69) is 4.72 Å². The standard InChI is InChI=1S/C15H16INO4S/c1-3-21-15-7-5-4-6-13(15)17-22(18,19)11-8-9-14(20-2)12(16)10-11/h4-10,17H,3H2,1-2H3. The van der Waals surface area contributed by atoms with Crippen molar-refractivity contribution in [3.63, 3.8) is 0 Å². The zero-order valence-corrected chi connectivity index (χ0v) is 15.1. The summed E-state index contributed by atoms with van der Waals surface area (Å²) in [4.78, 5) is 0.170. The van der Waals surface area contributed by atoms with Crippen molar-refractivity contribution in [2.45, 2.75) is 11.8 Å². The van der Waals surface area contributed by atoms with Gasteiger partial charge in [0.2, 0.25) is 0 Å². The number of rotatable bonds is 6. The Morgan fingerprint density at radius 2 is 1.86 bits per heavy atom. The molecule has 0 heterocycles. The molecule has 118 valence electrons. The Morgan fingerprint density at radius 1 is 1.14 bits per heavy atom. The number of methoxy groups -OCH3 is 1. The Hall–Kier alpha value is -1.48. The minimum absolute atomic E-state index is 0.170. The Balaban J connectivity index is 2.34. The fourth-order valence-corrected chi connectivity index (χ4v) is 3.89. The van der Waals surface area contributed by atoms with Gasteiger partial charge in [0.25, 0.3) is 10.0 Å². The molecule has 2 aromatic carbocycles. The van der Waals surface area contributed by atoms with Crippen molar-refractivity contribution in [1.82, 2.24) is 0 Å². The van der Waals surface area contributed by atoms with Crippen molar-refractivity contribution in [3.8, 4) is 11.5 Å². The Bertz CT molecular complexity index is 762. The van der Waals surface area contributed by atoms with E-state index in [9.17, 15) is 8.42 Å². The van der Waals surface area contributed by atoms with E-state index in [1.54, 1.807) is 43.5 Å². The van der Waals surface area contributed by atoms with E-state index in [-0.39, 0.29) is 4.90 Å². The van der Waals surface area contributed by atoms with Crippen LogP contribution in [0.4, 0.5) is 5.69 Å². The third-order valence-corrected chi connectivity index (χ3v) is 5.07. The first-order valence-electron chi connectivity index (χ1n) is 6.56. The molecule has 5 nitrogen and oxygen atoms in total. The van der Waals surface area contributed by atoms with Crippen LogP contribution in [0.25, 0.3) is 0 Å². The fraction of sp³-hybridized carbons (Fsp3) is 0.200. The largest absolute Gasteiger partial charge is 0.496 e. The summed E-state index contributed by atoms with van der Waals surface area (Å²) in [6.45, 7) is 2.30. The number of benzene rings is 2. The van der Waals surface area contributed by atoms with Gasteiger partial charge in [-0.05, 0) is 59.8 Å². The molecule has 0 spiro atoms. The van der Waals surface area contributed by atoms with Gasteiger partial charge in [0.1, 0.15) is 11.5 Å². The van der Waals surface area contributed by atoms with Crippen molar-refractivity contribution >= 4 is 38.3 Å².